The van der Waals surface area contributed by atoms with E-state index in [-0.39, 0.29) is 5.91 Å². The minimum absolute atomic E-state index is 0.115. The van der Waals surface area contributed by atoms with Gasteiger partial charge in [-0.2, -0.15) is 0 Å². The van der Waals surface area contributed by atoms with Crippen LogP contribution in [0.1, 0.15) is 18.1 Å². The van der Waals surface area contributed by atoms with Crippen molar-refractivity contribution in [3.63, 3.8) is 0 Å². The summed E-state index contributed by atoms with van der Waals surface area (Å²) >= 11 is 0. The summed E-state index contributed by atoms with van der Waals surface area (Å²) in [6.45, 7) is 3.22. The lowest BCUT2D eigenvalue weighted by atomic mass is 10.0. The van der Waals surface area contributed by atoms with E-state index in [1.165, 1.54) is 10.8 Å². The van der Waals surface area contributed by atoms with Crippen LogP contribution < -0.4 is 4.74 Å². The molecule has 0 saturated carbocycles. The fourth-order valence-electron chi connectivity index (χ4n) is 2.88. The van der Waals surface area contributed by atoms with Crippen LogP contribution in [0.15, 0.2) is 66.7 Å². The number of hydrogen-bond donors (Lipinski definition) is 0. The first-order valence-electron chi connectivity index (χ1n) is 8.59. The Labute approximate surface area is 148 Å². The highest BCUT2D eigenvalue weighted by atomic mass is 16.5. The Kier molecular flexibility index (Phi) is 5.34. The van der Waals surface area contributed by atoms with E-state index in [4.69, 9.17) is 4.74 Å². The monoisotopic (exact) mass is 333 g/mol. The van der Waals surface area contributed by atoms with E-state index in [2.05, 4.69) is 24.3 Å². The molecule has 0 bridgehead atoms. The van der Waals surface area contributed by atoms with Crippen LogP contribution in [0.25, 0.3) is 10.8 Å². The van der Waals surface area contributed by atoms with E-state index in [1.807, 2.05) is 56.4 Å². The van der Waals surface area contributed by atoms with Gasteiger partial charge in [-0.1, -0.05) is 54.6 Å². The number of nitrogens with zero attached hydrogens (tertiary/aromatic N) is 1. The molecule has 3 aromatic rings. The van der Waals surface area contributed by atoms with Crippen molar-refractivity contribution in [1.82, 2.24) is 4.90 Å². The molecule has 0 unspecified atom stereocenters. The third-order valence-electron chi connectivity index (χ3n) is 4.25. The van der Waals surface area contributed by atoms with Gasteiger partial charge in [0.15, 0.2) is 0 Å². The summed E-state index contributed by atoms with van der Waals surface area (Å²) in [7, 11) is 1.85. The summed E-state index contributed by atoms with van der Waals surface area (Å²) in [6, 6.07) is 22.3. The summed E-state index contributed by atoms with van der Waals surface area (Å²) in [4.78, 5) is 14.3. The van der Waals surface area contributed by atoms with Gasteiger partial charge in [-0.25, -0.2) is 0 Å². The molecule has 25 heavy (non-hydrogen) atoms. The number of carbonyl (C=O) groups is 1. The van der Waals surface area contributed by atoms with Crippen molar-refractivity contribution in [2.45, 2.75) is 19.9 Å². The topological polar surface area (TPSA) is 29.5 Å². The van der Waals surface area contributed by atoms with Crippen molar-refractivity contribution < 1.29 is 9.53 Å². The molecule has 0 aromatic heterocycles. The lowest BCUT2D eigenvalue weighted by molar-refractivity contribution is -0.129. The van der Waals surface area contributed by atoms with Gasteiger partial charge in [0.05, 0.1) is 13.0 Å². The molecule has 3 rings (SSSR count). The molecule has 3 aromatic carbocycles. The average Bonchev–Trinajstić information content (AvgIpc) is 2.63. The van der Waals surface area contributed by atoms with Crippen molar-refractivity contribution in [3.05, 3.63) is 77.9 Å². The summed E-state index contributed by atoms with van der Waals surface area (Å²) in [5.41, 5.74) is 2.14. The van der Waals surface area contributed by atoms with Gasteiger partial charge < -0.3 is 9.64 Å². The molecule has 0 saturated heterocycles. The molecule has 3 heteroatoms. The Morgan fingerprint density at radius 3 is 2.32 bits per heavy atom. The molecule has 0 spiro atoms. The zero-order valence-corrected chi connectivity index (χ0v) is 14.7. The van der Waals surface area contributed by atoms with Crippen LogP contribution >= 0.6 is 0 Å². The van der Waals surface area contributed by atoms with Crippen LogP contribution in [0.3, 0.4) is 0 Å². The van der Waals surface area contributed by atoms with Crippen LogP contribution in [0, 0.1) is 0 Å². The number of benzene rings is 3. The number of likely N-dealkylation sites (N-methyl/N-ethyl adjacent to an activating group) is 1. The molecule has 0 aliphatic rings. The van der Waals surface area contributed by atoms with Crippen LogP contribution in [-0.2, 0) is 17.8 Å². The molecule has 3 nitrogen and oxygen atoms in total. The predicted octanol–water partition coefficient (Wildman–Crippen LogP) is 4.44. The maximum atomic E-state index is 12.5. The van der Waals surface area contributed by atoms with Gasteiger partial charge in [-0.15, -0.1) is 0 Å². The second-order valence-corrected chi connectivity index (χ2v) is 6.19. The van der Waals surface area contributed by atoms with E-state index >= 15 is 0 Å². The fraction of sp³-hybridized carbons (Fsp3) is 0.227. The SMILES string of the molecule is CCOc1ccc(CN(C)C(=O)Cc2ccc3ccccc3c2)cc1. The second-order valence-electron chi connectivity index (χ2n) is 6.19. The fourth-order valence-corrected chi connectivity index (χ4v) is 2.88. The molecular formula is C22H23NO2. The van der Waals surface area contributed by atoms with Gasteiger partial charge in [0.25, 0.3) is 0 Å². The largest absolute Gasteiger partial charge is 0.494 e. The molecular weight excluding hydrogens is 310 g/mol. The standard InChI is InChI=1S/C22H23NO2/c1-3-25-21-12-9-17(10-13-21)16-23(2)22(24)15-18-8-11-19-6-4-5-7-20(19)14-18/h4-14H,3,15-16H2,1-2H3. The lowest BCUT2D eigenvalue weighted by Crippen LogP contribution is -2.27. The summed E-state index contributed by atoms with van der Waals surface area (Å²) < 4.78 is 5.45. The van der Waals surface area contributed by atoms with Gasteiger partial charge in [0.2, 0.25) is 5.91 Å². The van der Waals surface area contributed by atoms with Gasteiger partial charge in [-0.3, -0.25) is 4.79 Å². The maximum absolute atomic E-state index is 12.5. The Bertz CT molecular complexity index is 855. The molecule has 0 atom stereocenters. The first-order valence-corrected chi connectivity index (χ1v) is 8.59. The quantitative estimate of drug-likeness (QED) is 0.667. The van der Waals surface area contributed by atoms with Crippen LogP contribution in [0.5, 0.6) is 5.75 Å². The van der Waals surface area contributed by atoms with E-state index < -0.39 is 0 Å². The van der Waals surface area contributed by atoms with Crippen molar-refractivity contribution >= 4 is 16.7 Å². The Morgan fingerprint density at radius 2 is 1.60 bits per heavy atom. The third kappa shape index (κ3) is 4.38. The zero-order valence-electron chi connectivity index (χ0n) is 14.7. The normalized spacial score (nSPS) is 10.6. The number of rotatable bonds is 6. The van der Waals surface area contributed by atoms with E-state index in [0.29, 0.717) is 19.6 Å². The highest BCUT2D eigenvalue weighted by Gasteiger charge is 2.11. The first-order chi connectivity index (χ1) is 12.2. The van der Waals surface area contributed by atoms with E-state index in [9.17, 15) is 4.79 Å². The average molecular weight is 333 g/mol. The Hall–Kier alpha value is -2.81. The van der Waals surface area contributed by atoms with E-state index in [1.54, 1.807) is 4.90 Å². The van der Waals surface area contributed by atoms with Crippen molar-refractivity contribution in [1.29, 1.82) is 0 Å². The molecule has 128 valence electrons. The van der Waals surface area contributed by atoms with Crippen molar-refractivity contribution in [2.75, 3.05) is 13.7 Å². The zero-order chi connectivity index (χ0) is 17.6. The maximum Gasteiger partial charge on any atom is 0.227 e. The number of hydrogen-bond acceptors (Lipinski definition) is 2. The second kappa shape index (κ2) is 7.84. The van der Waals surface area contributed by atoms with Gasteiger partial charge in [-0.05, 0) is 41.0 Å². The van der Waals surface area contributed by atoms with Crippen LogP contribution in [0.2, 0.25) is 0 Å². The molecule has 0 aliphatic heterocycles. The van der Waals surface area contributed by atoms with Gasteiger partial charge in [0, 0.05) is 13.6 Å². The number of carbonyl (C=O) groups excluding carboxylic acids is 1. The predicted molar refractivity (Wildman–Crippen MR) is 102 cm³/mol. The van der Waals surface area contributed by atoms with Crippen molar-refractivity contribution in [2.24, 2.45) is 0 Å². The molecule has 0 heterocycles. The highest BCUT2D eigenvalue weighted by Crippen LogP contribution is 2.17. The highest BCUT2D eigenvalue weighted by molar-refractivity contribution is 5.85. The smallest absolute Gasteiger partial charge is 0.227 e. The molecule has 0 aliphatic carbocycles. The van der Waals surface area contributed by atoms with Gasteiger partial charge >= 0.3 is 0 Å². The summed E-state index contributed by atoms with van der Waals surface area (Å²) in [5, 5.41) is 2.36. The number of amides is 1. The summed E-state index contributed by atoms with van der Waals surface area (Å²) in [5.74, 6) is 0.973. The van der Waals surface area contributed by atoms with Crippen molar-refractivity contribution in [3.8, 4) is 5.75 Å². The third-order valence-corrected chi connectivity index (χ3v) is 4.25. The molecule has 0 N–H and O–H groups in total. The molecule has 0 fully saturated rings. The Balaban J connectivity index is 1.63. The molecule has 1 amide bonds. The van der Waals surface area contributed by atoms with Crippen LogP contribution in [0.4, 0.5) is 0 Å². The minimum Gasteiger partial charge on any atom is -0.494 e. The van der Waals surface area contributed by atoms with E-state index in [0.717, 1.165) is 16.9 Å². The number of ether oxygens (including phenoxy) is 1. The number of fused-ring (bicyclic) bond motifs is 1. The first kappa shape index (κ1) is 17.0. The minimum atomic E-state index is 0.115. The van der Waals surface area contributed by atoms with Gasteiger partial charge in [0.1, 0.15) is 5.75 Å². The molecule has 0 radical (unpaired) electrons. The van der Waals surface area contributed by atoms with Crippen LogP contribution in [-0.4, -0.2) is 24.5 Å². The summed E-state index contributed by atoms with van der Waals surface area (Å²) in [6.07, 6.45) is 0.415. The Morgan fingerprint density at radius 1 is 0.920 bits per heavy atom. The lowest BCUT2D eigenvalue weighted by Gasteiger charge is -2.18.